The Labute approximate surface area is 361 Å². The fourth-order valence-electron chi connectivity index (χ4n) is 10.3. The number of hydrogen-bond donors (Lipinski definition) is 5. The van der Waals surface area contributed by atoms with Crippen molar-refractivity contribution in [3.05, 3.63) is 136 Å². The van der Waals surface area contributed by atoms with Crippen LogP contribution in [0.2, 0.25) is 0 Å². The first kappa shape index (κ1) is 44.0. The fraction of sp³-hybridized carbons (Fsp3) is 0.442. The molecule has 3 heterocycles. The summed E-state index contributed by atoms with van der Waals surface area (Å²) in [6.45, 7) is 2.76. The van der Waals surface area contributed by atoms with E-state index in [1.165, 1.54) is 49.1 Å². The largest absolute Gasteiger partial charge is 0.504 e. The molecule has 0 radical (unpaired) electrons. The molecule has 0 bridgehead atoms. The number of ether oxygens (including phenoxy) is 1. The van der Waals surface area contributed by atoms with Crippen LogP contribution >= 0.6 is 0 Å². The summed E-state index contributed by atoms with van der Waals surface area (Å²) in [5, 5.41) is 28.9. The van der Waals surface area contributed by atoms with Crippen molar-refractivity contribution >= 4 is 23.0 Å². The predicted octanol–water partition coefficient (Wildman–Crippen LogP) is 7.78. The zero-order chi connectivity index (χ0) is 42.6. The van der Waals surface area contributed by atoms with Crippen LogP contribution in [0.5, 0.6) is 11.5 Å². The number of ketones is 2. The monoisotopic (exact) mass is 824 g/mol. The molecule has 61 heavy (non-hydrogen) atoms. The van der Waals surface area contributed by atoms with Crippen molar-refractivity contribution in [2.24, 2.45) is 23.7 Å². The van der Waals surface area contributed by atoms with Gasteiger partial charge in [0.25, 0.3) is 0 Å². The number of hydrogen-bond acceptors (Lipinski definition) is 9. The fourth-order valence-corrected chi connectivity index (χ4v) is 10.3. The van der Waals surface area contributed by atoms with E-state index in [1.807, 2.05) is 12.1 Å². The van der Waals surface area contributed by atoms with Crippen LogP contribution in [0.1, 0.15) is 90.3 Å². The van der Waals surface area contributed by atoms with Gasteiger partial charge in [-0.3, -0.25) is 9.59 Å². The summed E-state index contributed by atoms with van der Waals surface area (Å²) in [4.78, 5) is 30.9. The number of carbonyl (C=O) groups excluding carboxylic acids is 2. The molecule has 9 heteroatoms. The number of methoxy groups -OCH3 is 1. The second kappa shape index (κ2) is 21.6. The Kier molecular flexibility index (Phi) is 15.6. The van der Waals surface area contributed by atoms with Crippen LogP contribution in [0.15, 0.2) is 97.2 Å². The summed E-state index contributed by atoms with van der Waals surface area (Å²) in [6.07, 6.45) is 18.4. The number of nitrogens with two attached hydrogens (primary N) is 1. The van der Waals surface area contributed by atoms with Crippen LogP contribution in [-0.4, -0.2) is 66.2 Å². The molecule has 1 aromatic heterocycles. The number of nitrogens with zero attached hydrogens (tertiary/aromatic N) is 1. The summed E-state index contributed by atoms with van der Waals surface area (Å²) < 4.78 is 5.45. The van der Waals surface area contributed by atoms with Gasteiger partial charge in [0.15, 0.2) is 17.3 Å². The molecule has 9 nitrogen and oxygen atoms in total. The number of fused-ring (bicyclic) bond motifs is 2. The van der Waals surface area contributed by atoms with E-state index in [0.717, 1.165) is 87.5 Å². The molecule has 0 spiro atoms. The number of aliphatic hydroxyl groups excluding tert-OH is 1. The van der Waals surface area contributed by atoms with Gasteiger partial charge in [0.2, 0.25) is 0 Å². The molecule has 7 rings (SSSR count). The standard InChI is InChI=1S/C52H64N4O5/c1-61-50-31-48(43(34-57)27-45(59)30-44(58)15-6-3-7-16-47-46-21-23-54-32-42(46)25-39-14-9-22-55-52(39)47)40(28-49(50)60)26-41-33-56-51(53)29-38(41)20-19-37-13-8-12-36(24-37)18-17-35-10-4-2-5-11-35/h2,4-5,8-14,24,27-29,31,33,39,42,46-47,52,54-55,57,60H,3,6-7,15-23,25-26,30,32,34H2,1H3,(H2,53,56). The number of aryl methyl sites for hydroxylation is 4. The van der Waals surface area contributed by atoms with Gasteiger partial charge in [0, 0.05) is 25.2 Å². The van der Waals surface area contributed by atoms with E-state index in [-0.39, 0.29) is 29.5 Å². The second-order valence-electron chi connectivity index (χ2n) is 17.5. The van der Waals surface area contributed by atoms with Crippen molar-refractivity contribution in [3.8, 4) is 11.5 Å². The van der Waals surface area contributed by atoms with E-state index < -0.39 is 6.61 Å². The smallest absolute Gasteiger partial charge is 0.163 e. The van der Waals surface area contributed by atoms with Crippen LogP contribution in [-0.2, 0) is 41.7 Å². The SMILES string of the molecule is COc1cc(C(=CC(=O)CC(=O)CCCCCC2C3CCNCC3CC3C=CCNC32)CO)c(Cc2cnc(N)cc2CCc2cccc(CCc3ccccc3)c2)cc1O. The number of nitrogens with one attached hydrogen (secondary N) is 2. The van der Waals surface area contributed by atoms with E-state index >= 15 is 0 Å². The minimum absolute atomic E-state index is 0.0528. The number of benzene rings is 3. The Morgan fingerprint density at radius 3 is 2.51 bits per heavy atom. The number of anilines is 1. The number of allylic oxidation sites excluding steroid dienone is 1. The van der Waals surface area contributed by atoms with Crippen LogP contribution in [0.4, 0.5) is 5.82 Å². The van der Waals surface area contributed by atoms with Crippen molar-refractivity contribution < 1.29 is 24.5 Å². The Balaban J connectivity index is 0.964. The third-order valence-electron chi connectivity index (χ3n) is 13.4. The molecule has 3 aromatic carbocycles. The highest BCUT2D eigenvalue weighted by Gasteiger charge is 2.44. The third-order valence-corrected chi connectivity index (χ3v) is 13.4. The average molecular weight is 825 g/mol. The summed E-state index contributed by atoms with van der Waals surface area (Å²) in [5.41, 5.74) is 13.6. The Morgan fingerprint density at radius 1 is 0.918 bits per heavy atom. The molecule has 3 aliphatic rings. The number of nitrogen functional groups attached to an aromatic ring is 1. The van der Waals surface area contributed by atoms with Gasteiger partial charge in [0.05, 0.1) is 20.1 Å². The van der Waals surface area contributed by atoms with E-state index in [1.54, 1.807) is 18.3 Å². The molecule has 322 valence electrons. The van der Waals surface area contributed by atoms with E-state index in [9.17, 15) is 19.8 Å². The first-order valence-corrected chi connectivity index (χ1v) is 22.5. The maximum absolute atomic E-state index is 13.4. The number of rotatable bonds is 20. The van der Waals surface area contributed by atoms with Crippen molar-refractivity contribution in [1.29, 1.82) is 0 Å². The number of pyridine rings is 1. The highest BCUT2D eigenvalue weighted by atomic mass is 16.5. The molecule has 5 atom stereocenters. The topological polar surface area (TPSA) is 147 Å². The normalized spacial score (nSPS) is 21.1. The van der Waals surface area contributed by atoms with Crippen molar-refractivity contribution in [1.82, 2.24) is 15.6 Å². The second-order valence-corrected chi connectivity index (χ2v) is 17.5. The molecule has 5 unspecified atom stereocenters. The summed E-state index contributed by atoms with van der Waals surface area (Å²) in [6, 6.07) is 24.9. The molecule has 2 fully saturated rings. The third kappa shape index (κ3) is 11.8. The number of carbonyl (C=O) groups is 2. The Hall–Kier alpha value is -5.09. The van der Waals surface area contributed by atoms with Crippen LogP contribution in [0.25, 0.3) is 5.57 Å². The molecule has 4 aromatic rings. The maximum Gasteiger partial charge on any atom is 0.163 e. The average Bonchev–Trinajstić information content (AvgIpc) is 3.27. The van der Waals surface area contributed by atoms with Gasteiger partial charge in [-0.2, -0.15) is 0 Å². The maximum atomic E-state index is 13.4. The van der Waals surface area contributed by atoms with Gasteiger partial charge < -0.3 is 31.3 Å². The zero-order valence-electron chi connectivity index (χ0n) is 35.8. The van der Waals surface area contributed by atoms with Gasteiger partial charge in [-0.05, 0) is 163 Å². The predicted molar refractivity (Wildman–Crippen MR) is 244 cm³/mol. The highest BCUT2D eigenvalue weighted by molar-refractivity contribution is 6.07. The first-order chi connectivity index (χ1) is 29.8. The first-order valence-electron chi connectivity index (χ1n) is 22.5. The van der Waals surface area contributed by atoms with Crippen molar-refractivity contribution in [3.63, 3.8) is 0 Å². The summed E-state index contributed by atoms with van der Waals surface area (Å²) in [7, 11) is 1.46. The molecular formula is C52H64N4O5. The lowest BCUT2D eigenvalue weighted by molar-refractivity contribution is -0.124. The minimum atomic E-state index is -0.431. The van der Waals surface area contributed by atoms with E-state index in [4.69, 9.17) is 10.5 Å². The van der Waals surface area contributed by atoms with Gasteiger partial charge >= 0.3 is 0 Å². The number of piperidine rings is 1. The number of aromatic hydroxyl groups is 1. The molecule has 0 amide bonds. The van der Waals surface area contributed by atoms with E-state index in [2.05, 4.69) is 76.3 Å². The molecule has 1 aliphatic carbocycles. The van der Waals surface area contributed by atoms with Crippen molar-refractivity contribution in [2.45, 2.75) is 89.5 Å². The Bertz CT molecular complexity index is 2170. The number of aromatic nitrogens is 1. The Morgan fingerprint density at radius 2 is 1.70 bits per heavy atom. The van der Waals surface area contributed by atoms with Crippen LogP contribution < -0.4 is 21.1 Å². The number of phenolic OH excluding ortho intramolecular Hbond substituents is 1. The highest BCUT2D eigenvalue weighted by Crippen LogP contribution is 2.45. The molecule has 6 N–H and O–H groups in total. The lowest BCUT2D eigenvalue weighted by atomic mass is 9.61. The number of unbranched alkanes of at least 4 members (excludes halogenated alkanes) is 2. The number of aliphatic hydroxyl groups is 1. The van der Waals surface area contributed by atoms with E-state index in [0.29, 0.717) is 53.2 Å². The van der Waals surface area contributed by atoms with Gasteiger partial charge in [-0.25, -0.2) is 4.98 Å². The molecule has 2 aliphatic heterocycles. The molecule has 1 saturated heterocycles. The lowest BCUT2D eigenvalue weighted by Gasteiger charge is -2.50. The number of Topliss-reactive ketones (excluding diaryl/α,β-unsaturated/α-hetero) is 1. The van der Waals surface area contributed by atoms with Crippen molar-refractivity contribution in [2.75, 3.05) is 39.1 Å². The van der Waals surface area contributed by atoms with Crippen LogP contribution in [0, 0.1) is 23.7 Å². The quantitative estimate of drug-likeness (QED) is 0.0261. The molecular weight excluding hydrogens is 761 g/mol. The van der Waals surface area contributed by atoms with Crippen LogP contribution in [0.3, 0.4) is 0 Å². The van der Waals surface area contributed by atoms with Gasteiger partial charge in [0.1, 0.15) is 11.6 Å². The summed E-state index contributed by atoms with van der Waals surface area (Å²) in [5.74, 6) is 2.94. The summed E-state index contributed by atoms with van der Waals surface area (Å²) >= 11 is 0. The number of phenols is 1. The molecule has 1 saturated carbocycles. The zero-order valence-corrected chi connectivity index (χ0v) is 35.8. The van der Waals surface area contributed by atoms with Gasteiger partial charge in [-0.1, -0.05) is 79.6 Å². The van der Waals surface area contributed by atoms with Gasteiger partial charge in [-0.15, -0.1) is 0 Å². The minimum Gasteiger partial charge on any atom is -0.504 e. The lowest BCUT2D eigenvalue weighted by Crippen LogP contribution is -2.55.